The molecule has 1 amide bonds. The van der Waals surface area contributed by atoms with Crippen molar-refractivity contribution in [1.82, 2.24) is 15.3 Å². The number of amides is 1. The largest absolute Gasteiger partial charge is 0.396 e. The van der Waals surface area contributed by atoms with Crippen LogP contribution in [0, 0.1) is 0 Å². The van der Waals surface area contributed by atoms with Gasteiger partial charge in [0.15, 0.2) is 0 Å². The Hall–Kier alpha value is -2.57. The lowest BCUT2D eigenvalue weighted by Crippen LogP contribution is -2.24. The molecule has 0 aliphatic carbocycles. The number of aliphatic hydroxyl groups is 1. The van der Waals surface area contributed by atoms with E-state index in [1.807, 2.05) is 42.5 Å². The summed E-state index contributed by atoms with van der Waals surface area (Å²) >= 11 is 1.58. The summed E-state index contributed by atoms with van der Waals surface area (Å²) in [5.74, 6) is -0.140. The number of hydrogen-bond donors (Lipinski definition) is 2. The third-order valence-electron chi connectivity index (χ3n) is 3.86. The summed E-state index contributed by atoms with van der Waals surface area (Å²) in [5.41, 5.74) is 3.15. The van der Waals surface area contributed by atoms with Crippen LogP contribution in [0.25, 0.3) is 31.5 Å². The first kappa shape index (κ1) is 15.0. The van der Waals surface area contributed by atoms with E-state index >= 15 is 0 Å². The highest BCUT2D eigenvalue weighted by atomic mass is 32.1. The molecule has 0 saturated carbocycles. The molecule has 6 heteroatoms. The highest BCUT2D eigenvalue weighted by molar-refractivity contribution is 7.25. The van der Waals surface area contributed by atoms with E-state index in [1.165, 1.54) is 0 Å². The fraction of sp³-hybridized carbons (Fsp3) is 0.167. The minimum absolute atomic E-state index is 0.0666. The Balaban J connectivity index is 1.81. The van der Waals surface area contributed by atoms with Gasteiger partial charge in [0, 0.05) is 28.8 Å². The van der Waals surface area contributed by atoms with Crippen molar-refractivity contribution in [2.45, 2.75) is 6.42 Å². The highest BCUT2D eigenvalue weighted by Gasteiger charge is 2.12. The summed E-state index contributed by atoms with van der Waals surface area (Å²) in [5, 5.41) is 12.6. The second-order valence-corrected chi connectivity index (χ2v) is 6.54. The molecule has 2 aromatic heterocycles. The second-order valence-electron chi connectivity index (χ2n) is 5.51. The van der Waals surface area contributed by atoms with Gasteiger partial charge >= 0.3 is 0 Å². The summed E-state index contributed by atoms with van der Waals surface area (Å²) in [6.07, 6.45) is 0.548. The average molecular weight is 337 g/mol. The van der Waals surface area contributed by atoms with Gasteiger partial charge in [-0.1, -0.05) is 12.1 Å². The lowest BCUT2D eigenvalue weighted by molar-refractivity contribution is 0.0951. The lowest BCUT2D eigenvalue weighted by atomic mass is 10.1. The summed E-state index contributed by atoms with van der Waals surface area (Å²) in [4.78, 5) is 22.5. The summed E-state index contributed by atoms with van der Waals surface area (Å²) in [7, 11) is 0. The number of benzene rings is 2. The van der Waals surface area contributed by atoms with Crippen LogP contribution in [0.5, 0.6) is 0 Å². The zero-order chi connectivity index (χ0) is 16.5. The first-order valence-electron chi connectivity index (χ1n) is 7.74. The van der Waals surface area contributed by atoms with Gasteiger partial charge in [-0.2, -0.15) is 0 Å². The molecule has 0 spiro atoms. The maximum Gasteiger partial charge on any atom is 0.251 e. The van der Waals surface area contributed by atoms with Gasteiger partial charge in [-0.15, -0.1) is 11.3 Å². The number of carbonyl (C=O) groups excluding carboxylic acids is 1. The van der Waals surface area contributed by atoms with Crippen LogP contribution in [-0.4, -0.2) is 34.1 Å². The number of aromatic nitrogens is 2. The molecule has 0 radical (unpaired) electrons. The number of rotatable bonds is 4. The van der Waals surface area contributed by atoms with Crippen molar-refractivity contribution in [2.75, 3.05) is 13.2 Å². The van der Waals surface area contributed by atoms with Gasteiger partial charge in [-0.3, -0.25) is 4.79 Å². The topological polar surface area (TPSA) is 75.1 Å². The average Bonchev–Trinajstić information content (AvgIpc) is 2.96. The minimum Gasteiger partial charge on any atom is -0.396 e. The Bertz CT molecular complexity index is 1060. The van der Waals surface area contributed by atoms with Crippen LogP contribution < -0.4 is 5.32 Å². The maximum absolute atomic E-state index is 12.2. The number of thiophene rings is 1. The normalized spacial score (nSPS) is 11.4. The van der Waals surface area contributed by atoms with Crippen molar-refractivity contribution in [1.29, 1.82) is 0 Å². The smallest absolute Gasteiger partial charge is 0.251 e. The monoisotopic (exact) mass is 337 g/mol. The van der Waals surface area contributed by atoms with Crippen LogP contribution in [0.1, 0.15) is 16.8 Å². The van der Waals surface area contributed by atoms with Gasteiger partial charge in [-0.25, -0.2) is 9.97 Å². The summed E-state index contributed by atoms with van der Waals surface area (Å²) < 4.78 is 1.06. The third-order valence-corrected chi connectivity index (χ3v) is 4.92. The molecule has 120 valence electrons. The van der Waals surface area contributed by atoms with E-state index in [0.717, 1.165) is 31.5 Å². The predicted molar refractivity (Wildman–Crippen MR) is 96.5 cm³/mol. The zero-order valence-corrected chi connectivity index (χ0v) is 13.6. The molecule has 0 bridgehead atoms. The maximum atomic E-state index is 12.2. The van der Waals surface area contributed by atoms with Crippen molar-refractivity contribution >= 4 is 48.7 Å². The molecule has 5 nitrogen and oxygen atoms in total. The molecule has 0 atom stereocenters. The Kier molecular flexibility index (Phi) is 3.84. The number of nitrogens with zero attached hydrogens (tertiary/aromatic N) is 2. The van der Waals surface area contributed by atoms with Gasteiger partial charge in [-0.05, 0) is 36.8 Å². The van der Waals surface area contributed by atoms with E-state index in [9.17, 15) is 4.79 Å². The molecular weight excluding hydrogens is 322 g/mol. The lowest BCUT2D eigenvalue weighted by Gasteiger charge is -2.04. The number of para-hydroxylation sites is 2. The molecule has 2 heterocycles. The van der Waals surface area contributed by atoms with E-state index in [2.05, 4.69) is 10.3 Å². The quantitative estimate of drug-likeness (QED) is 0.561. The molecule has 4 rings (SSSR count). The Morgan fingerprint density at radius 3 is 2.71 bits per heavy atom. The highest BCUT2D eigenvalue weighted by Crippen LogP contribution is 2.33. The third kappa shape index (κ3) is 2.60. The molecule has 2 N–H and O–H groups in total. The van der Waals surface area contributed by atoms with E-state index in [1.54, 1.807) is 11.3 Å². The number of aliphatic hydroxyl groups excluding tert-OH is 1. The standard InChI is InChI=1S/C18H15N3O2S/c22-9-3-8-19-17(23)11-6-7-15-12(10-11)16-18(24-15)21-14-5-2-1-4-13(14)20-16/h1-2,4-7,10,22H,3,8-9H2,(H,19,23). The van der Waals surface area contributed by atoms with Crippen molar-refractivity contribution in [2.24, 2.45) is 0 Å². The van der Waals surface area contributed by atoms with Crippen LogP contribution in [0.15, 0.2) is 42.5 Å². The minimum atomic E-state index is -0.140. The SMILES string of the molecule is O=C(NCCCO)c1ccc2sc3nc4ccccc4nc3c2c1. The molecular formula is C18H15N3O2S. The van der Waals surface area contributed by atoms with Crippen molar-refractivity contribution in [3.05, 3.63) is 48.0 Å². The summed E-state index contributed by atoms with van der Waals surface area (Å²) in [6.45, 7) is 0.527. The van der Waals surface area contributed by atoms with E-state index in [4.69, 9.17) is 10.1 Å². The van der Waals surface area contributed by atoms with E-state index in [0.29, 0.717) is 18.5 Å². The summed E-state index contributed by atoms with van der Waals surface area (Å²) in [6, 6.07) is 13.4. The zero-order valence-electron chi connectivity index (χ0n) is 12.8. The van der Waals surface area contributed by atoms with Gasteiger partial charge in [0.1, 0.15) is 10.3 Å². The van der Waals surface area contributed by atoms with E-state index in [-0.39, 0.29) is 12.5 Å². The number of hydrogen-bond acceptors (Lipinski definition) is 5. The van der Waals surface area contributed by atoms with E-state index < -0.39 is 0 Å². The number of carbonyl (C=O) groups is 1. The molecule has 0 aliphatic rings. The van der Waals surface area contributed by atoms with Crippen LogP contribution in [0.3, 0.4) is 0 Å². The van der Waals surface area contributed by atoms with Gasteiger partial charge in [0.25, 0.3) is 5.91 Å². The first-order valence-corrected chi connectivity index (χ1v) is 8.56. The van der Waals surface area contributed by atoms with Gasteiger partial charge < -0.3 is 10.4 Å². The Morgan fingerprint density at radius 2 is 1.92 bits per heavy atom. The van der Waals surface area contributed by atoms with Crippen molar-refractivity contribution < 1.29 is 9.90 Å². The number of fused-ring (bicyclic) bond motifs is 4. The van der Waals surface area contributed by atoms with Gasteiger partial charge in [0.2, 0.25) is 0 Å². The Labute approximate surface area is 142 Å². The van der Waals surface area contributed by atoms with Gasteiger partial charge in [0.05, 0.1) is 11.0 Å². The fourth-order valence-electron chi connectivity index (χ4n) is 2.66. The molecule has 24 heavy (non-hydrogen) atoms. The fourth-order valence-corrected chi connectivity index (χ4v) is 3.67. The predicted octanol–water partition coefficient (Wildman–Crippen LogP) is 3.11. The van der Waals surface area contributed by atoms with Crippen LogP contribution in [-0.2, 0) is 0 Å². The molecule has 0 saturated heterocycles. The van der Waals surface area contributed by atoms with Crippen LogP contribution in [0.4, 0.5) is 0 Å². The molecule has 0 unspecified atom stereocenters. The van der Waals surface area contributed by atoms with Crippen molar-refractivity contribution in [3.63, 3.8) is 0 Å². The number of nitrogens with one attached hydrogen (secondary N) is 1. The van der Waals surface area contributed by atoms with Crippen LogP contribution >= 0.6 is 11.3 Å². The molecule has 0 aliphatic heterocycles. The molecule has 4 aromatic rings. The van der Waals surface area contributed by atoms with Crippen molar-refractivity contribution in [3.8, 4) is 0 Å². The first-order chi connectivity index (χ1) is 11.8. The molecule has 2 aromatic carbocycles. The second kappa shape index (κ2) is 6.14. The van der Waals surface area contributed by atoms with Crippen LogP contribution in [0.2, 0.25) is 0 Å². The molecule has 0 fully saturated rings. The Morgan fingerprint density at radius 1 is 1.12 bits per heavy atom.